The lowest BCUT2D eigenvalue weighted by atomic mass is 9.89. The fourth-order valence-electron chi connectivity index (χ4n) is 2.39. The Morgan fingerprint density at radius 1 is 1.33 bits per heavy atom. The van der Waals surface area contributed by atoms with Crippen molar-refractivity contribution >= 4 is 5.69 Å². The molecule has 18 heavy (non-hydrogen) atoms. The molecule has 1 aliphatic rings. The zero-order chi connectivity index (χ0) is 13.0. The molecule has 1 atom stereocenters. The fraction of sp³-hybridized carbons (Fsp3) is 0.625. The minimum absolute atomic E-state index is 0.417. The molecule has 0 radical (unpaired) electrons. The lowest BCUT2D eigenvalue weighted by molar-refractivity contribution is 0.316. The molecule has 2 N–H and O–H groups in total. The molecule has 2 rings (SSSR count). The molecule has 1 aromatic carbocycles. The SMILES string of the molecule is CCC(C)(C)CNCC1CNc2ccccc2C1. The Morgan fingerprint density at radius 2 is 2.11 bits per heavy atom. The van der Waals surface area contributed by atoms with Crippen LogP contribution in [0.2, 0.25) is 0 Å². The molecular weight excluding hydrogens is 220 g/mol. The summed E-state index contributed by atoms with van der Waals surface area (Å²) in [6.45, 7) is 10.2. The van der Waals surface area contributed by atoms with Crippen LogP contribution in [0, 0.1) is 11.3 Å². The summed E-state index contributed by atoms with van der Waals surface area (Å²) < 4.78 is 0. The van der Waals surface area contributed by atoms with E-state index in [4.69, 9.17) is 0 Å². The van der Waals surface area contributed by atoms with Crippen molar-refractivity contribution in [2.24, 2.45) is 11.3 Å². The van der Waals surface area contributed by atoms with Crippen LogP contribution in [-0.4, -0.2) is 19.6 Å². The molecule has 0 amide bonds. The van der Waals surface area contributed by atoms with Crippen LogP contribution < -0.4 is 10.6 Å². The van der Waals surface area contributed by atoms with Crippen molar-refractivity contribution in [1.29, 1.82) is 0 Å². The van der Waals surface area contributed by atoms with E-state index >= 15 is 0 Å². The lowest BCUT2D eigenvalue weighted by Gasteiger charge is -2.28. The summed E-state index contributed by atoms with van der Waals surface area (Å²) in [5.74, 6) is 0.715. The van der Waals surface area contributed by atoms with Crippen molar-refractivity contribution in [3.05, 3.63) is 29.8 Å². The first-order chi connectivity index (χ1) is 8.61. The van der Waals surface area contributed by atoms with E-state index in [9.17, 15) is 0 Å². The van der Waals surface area contributed by atoms with Gasteiger partial charge >= 0.3 is 0 Å². The van der Waals surface area contributed by atoms with Crippen LogP contribution in [0.1, 0.15) is 32.8 Å². The van der Waals surface area contributed by atoms with Crippen molar-refractivity contribution in [2.45, 2.75) is 33.6 Å². The third-order valence-electron chi connectivity index (χ3n) is 4.10. The Bertz CT molecular complexity index is 384. The van der Waals surface area contributed by atoms with Crippen LogP contribution in [-0.2, 0) is 6.42 Å². The van der Waals surface area contributed by atoms with E-state index in [2.05, 4.69) is 55.7 Å². The summed E-state index contributed by atoms with van der Waals surface area (Å²) in [6.07, 6.45) is 2.43. The average Bonchev–Trinajstić information content (AvgIpc) is 2.38. The first-order valence-electron chi connectivity index (χ1n) is 7.13. The highest BCUT2D eigenvalue weighted by molar-refractivity contribution is 5.53. The van der Waals surface area contributed by atoms with Gasteiger partial charge < -0.3 is 10.6 Å². The first kappa shape index (κ1) is 13.4. The molecule has 0 fully saturated rings. The molecule has 0 aromatic heterocycles. The lowest BCUT2D eigenvalue weighted by Crippen LogP contribution is -2.36. The van der Waals surface area contributed by atoms with Gasteiger partial charge in [-0.1, -0.05) is 39.0 Å². The highest BCUT2D eigenvalue weighted by Crippen LogP contribution is 2.24. The molecule has 0 saturated carbocycles. The second-order valence-electron chi connectivity index (χ2n) is 6.26. The van der Waals surface area contributed by atoms with E-state index in [0.717, 1.165) is 19.6 Å². The third-order valence-corrected chi connectivity index (χ3v) is 4.10. The summed E-state index contributed by atoms with van der Waals surface area (Å²) >= 11 is 0. The Kier molecular flexibility index (Phi) is 4.28. The number of para-hydroxylation sites is 1. The molecule has 1 heterocycles. The van der Waals surface area contributed by atoms with Gasteiger partial charge in [0.1, 0.15) is 0 Å². The predicted octanol–water partition coefficient (Wildman–Crippen LogP) is 3.30. The average molecular weight is 246 g/mol. The van der Waals surface area contributed by atoms with E-state index in [0.29, 0.717) is 11.3 Å². The molecule has 0 bridgehead atoms. The van der Waals surface area contributed by atoms with Crippen molar-refractivity contribution in [3.63, 3.8) is 0 Å². The molecular formula is C16H26N2. The van der Waals surface area contributed by atoms with E-state index < -0.39 is 0 Å². The molecule has 1 aromatic rings. The van der Waals surface area contributed by atoms with E-state index in [1.165, 1.54) is 24.1 Å². The maximum absolute atomic E-state index is 3.64. The van der Waals surface area contributed by atoms with Crippen LogP contribution in [0.4, 0.5) is 5.69 Å². The topological polar surface area (TPSA) is 24.1 Å². The molecule has 2 nitrogen and oxygen atoms in total. The largest absolute Gasteiger partial charge is 0.384 e. The van der Waals surface area contributed by atoms with Gasteiger partial charge in [-0.05, 0) is 42.3 Å². The number of hydrogen-bond donors (Lipinski definition) is 2. The zero-order valence-electron chi connectivity index (χ0n) is 11.9. The number of hydrogen-bond acceptors (Lipinski definition) is 2. The van der Waals surface area contributed by atoms with Gasteiger partial charge in [0.25, 0.3) is 0 Å². The normalized spacial score (nSPS) is 19.2. The number of benzene rings is 1. The van der Waals surface area contributed by atoms with E-state index in [-0.39, 0.29) is 0 Å². The first-order valence-corrected chi connectivity index (χ1v) is 7.13. The maximum atomic E-state index is 3.64. The smallest absolute Gasteiger partial charge is 0.0372 e. The summed E-state index contributed by atoms with van der Waals surface area (Å²) in [5, 5.41) is 7.17. The molecule has 0 spiro atoms. The number of anilines is 1. The molecule has 0 aliphatic carbocycles. The van der Waals surface area contributed by atoms with Gasteiger partial charge in [-0.3, -0.25) is 0 Å². The van der Waals surface area contributed by atoms with Gasteiger partial charge in [-0.25, -0.2) is 0 Å². The number of nitrogens with one attached hydrogen (secondary N) is 2. The van der Waals surface area contributed by atoms with Crippen molar-refractivity contribution in [2.75, 3.05) is 25.0 Å². The fourth-order valence-corrected chi connectivity index (χ4v) is 2.39. The van der Waals surface area contributed by atoms with Gasteiger partial charge in [-0.15, -0.1) is 0 Å². The van der Waals surface area contributed by atoms with Crippen LogP contribution in [0.5, 0.6) is 0 Å². The van der Waals surface area contributed by atoms with E-state index in [1.54, 1.807) is 0 Å². The van der Waals surface area contributed by atoms with Crippen LogP contribution in [0.25, 0.3) is 0 Å². The van der Waals surface area contributed by atoms with Crippen LogP contribution in [0.3, 0.4) is 0 Å². The Hall–Kier alpha value is -1.02. The third kappa shape index (κ3) is 3.49. The van der Waals surface area contributed by atoms with Gasteiger partial charge in [-0.2, -0.15) is 0 Å². The van der Waals surface area contributed by atoms with Gasteiger partial charge in [0.2, 0.25) is 0 Å². The summed E-state index contributed by atoms with van der Waals surface area (Å²) in [7, 11) is 0. The van der Waals surface area contributed by atoms with Gasteiger partial charge in [0.05, 0.1) is 0 Å². The van der Waals surface area contributed by atoms with Crippen molar-refractivity contribution < 1.29 is 0 Å². The minimum atomic E-state index is 0.417. The van der Waals surface area contributed by atoms with Crippen LogP contribution >= 0.6 is 0 Å². The monoisotopic (exact) mass is 246 g/mol. The summed E-state index contributed by atoms with van der Waals surface area (Å²) in [5.41, 5.74) is 3.20. The van der Waals surface area contributed by atoms with Crippen LogP contribution in [0.15, 0.2) is 24.3 Å². The molecule has 1 unspecified atom stereocenters. The zero-order valence-corrected chi connectivity index (χ0v) is 11.9. The quantitative estimate of drug-likeness (QED) is 0.833. The molecule has 0 saturated heterocycles. The molecule has 1 aliphatic heterocycles. The van der Waals surface area contributed by atoms with Crippen molar-refractivity contribution in [1.82, 2.24) is 5.32 Å². The Morgan fingerprint density at radius 3 is 2.89 bits per heavy atom. The van der Waals surface area contributed by atoms with Gasteiger partial charge in [0, 0.05) is 18.8 Å². The second-order valence-corrected chi connectivity index (χ2v) is 6.26. The van der Waals surface area contributed by atoms with E-state index in [1.807, 2.05) is 0 Å². The predicted molar refractivity (Wildman–Crippen MR) is 79.1 cm³/mol. The highest BCUT2D eigenvalue weighted by atomic mass is 14.9. The second kappa shape index (κ2) is 5.75. The van der Waals surface area contributed by atoms with Gasteiger partial charge in [0.15, 0.2) is 0 Å². The Labute approximate surface area is 111 Å². The Balaban J connectivity index is 1.80. The minimum Gasteiger partial charge on any atom is -0.384 e. The molecule has 2 heteroatoms. The number of fused-ring (bicyclic) bond motifs is 1. The number of rotatable bonds is 5. The maximum Gasteiger partial charge on any atom is 0.0372 e. The summed E-state index contributed by atoms with van der Waals surface area (Å²) in [6, 6.07) is 8.66. The standard InChI is InChI=1S/C16H26N2/c1-4-16(2,3)12-17-10-13-9-14-7-5-6-8-15(14)18-11-13/h5-8,13,17-18H,4,9-12H2,1-3H3. The highest BCUT2D eigenvalue weighted by Gasteiger charge is 2.19. The van der Waals surface area contributed by atoms with Crippen molar-refractivity contribution in [3.8, 4) is 0 Å². The summed E-state index contributed by atoms with van der Waals surface area (Å²) in [4.78, 5) is 0. The molecule has 100 valence electrons.